The molecule has 680 valence electrons. The molecule has 20 aromatic carbocycles. The molecule has 146 heavy (non-hydrogen) atoms. The second kappa shape index (κ2) is 35.0. The molecule has 0 N–H and O–H groups in total. The first-order valence-electron chi connectivity index (χ1n) is 48.4. The van der Waals surface area contributed by atoms with Crippen molar-refractivity contribution in [2.75, 3.05) is 0 Å². The Bertz CT molecular complexity index is 10000. The SMILES string of the molecule is c1ccc(-c2nc(-c3cc4ccccc4c4ccccc34)nc(-c3cnc(-c4ccccc4)c4oc5cc6ccccc6cc5c34)n2)cc1.c1ccc(-c2nc(-c3cc4ccccc4c4ccccc34)nc(-c3ncc(-c4ccccc4)c4oc5cc6ccccc6cc5c34)n2)cc1.c1ccc(-c2nc(-c3ccccc3)nc(-c3ccc(-c4cccc5c4oc4ccccc45)c4oc5cc6ccccc6nc5c34)n2)cc1. The molecule has 10 heterocycles. The van der Waals surface area contributed by atoms with Crippen LogP contribution in [0.1, 0.15) is 0 Å². The van der Waals surface area contributed by atoms with Gasteiger partial charge in [0.15, 0.2) is 63.6 Å². The van der Waals surface area contributed by atoms with E-state index in [4.69, 9.17) is 77.5 Å². The van der Waals surface area contributed by atoms with Crippen molar-refractivity contribution in [3.05, 3.63) is 461 Å². The average Bonchev–Trinajstić information content (AvgIpc) is 1.58. The Balaban J connectivity index is 0.000000106. The average molecular weight is 1870 g/mol. The van der Waals surface area contributed by atoms with E-state index in [0.717, 1.165) is 214 Å². The number of fused-ring (bicyclic) bond motifs is 21. The quantitative estimate of drug-likeness (QED) is 0.104. The highest BCUT2D eigenvalue weighted by molar-refractivity contribution is 6.23. The highest BCUT2D eigenvalue weighted by atomic mass is 16.3. The summed E-state index contributed by atoms with van der Waals surface area (Å²) in [4.78, 5) is 61.3. The van der Waals surface area contributed by atoms with Crippen LogP contribution in [0.2, 0.25) is 0 Å². The lowest BCUT2D eigenvalue weighted by atomic mass is 9.96. The van der Waals surface area contributed by atoms with Crippen molar-refractivity contribution in [1.82, 2.24) is 59.8 Å². The molecule has 30 aromatic rings. The van der Waals surface area contributed by atoms with Crippen molar-refractivity contribution < 1.29 is 17.7 Å². The zero-order valence-corrected chi connectivity index (χ0v) is 77.9. The number of aromatic nitrogens is 12. The van der Waals surface area contributed by atoms with Crippen LogP contribution in [0, 0.1) is 0 Å². The summed E-state index contributed by atoms with van der Waals surface area (Å²) in [5.41, 5.74) is 21.0. The first kappa shape index (κ1) is 84.0. The van der Waals surface area contributed by atoms with Gasteiger partial charge < -0.3 is 17.7 Å². The molecule has 0 fully saturated rings. The van der Waals surface area contributed by atoms with Crippen molar-refractivity contribution in [3.8, 4) is 136 Å². The molecule has 16 heteroatoms. The van der Waals surface area contributed by atoms with Crippen molar-refractivity contribution in [2.24, 2.45) is 0 Å². The standard InChI is InChI=1S/2C44H26N4O.C42H24N4O2/c1-3-13-27(14-4-1)40-41-39(36-23-29-17-7-8-18-30(29)25-38(36)49-41)37(26-45-40)44-47-42(28-15-5-2-6-16-28)46-43(48-44)35-24-31-19-9-10-20-32(31)33-21-11-12-22-34(33)35;1-3-13-27(14-4-1)37-26-45-40(39-36-23-29-17-7-8-18-30(29)25-38(36)49-41(37)39)44-47-42(28-15-5-2-6-16-28)46-43(48-44)35-24-31-19-9-10-20-32(31)33-21-11-12-22-34(33)35;1-3-12-25(13-4-1)40-44-41(26-14-5-2-6-15-26)46-42(45-40)32-23-22-31(30-19-11-18-29-28-17-8-10-21-34(28)47-38(29)30)39-36(32)37-35(48-39)24-27-16-7-9-20-33(27)43-37/h2*1-26H;1-24H. The van der Waals surface area contributed by atoms with E-state index >= 15 is 0 Å². The maximum Gasteiger partial charge on any atom is 0.183 e. The molecule has 0 atom stereocenters. The van der Waals surface area contributed by atoms with Crippen LogP contribution in [-0.4, -0.2) is 59.8 Å². The Morgan fingerprint density at radius 1 is 0.151 bits per heavy atom. The van der Waals surface area contributed by atoms with E-state index in [9.17, 15) is 0 Å². The Kier molecular flexibility index (Phi) is 20.2. The minimum Gasteiger partial charge on any atom is -0.455 e. The van der Waals surface area contributed by atoms with Gasteiger partial charge in [0.1, 0.15) is 50.4 Å². The van der Waals surface area contributed by atoms with Crippen LogP contribution >= 0.6 is 0 Å². The number of furan rings is 4. The lowest BCUT2D eigenvalue weighted by Gasteiger charge is -2.13. The maximum absolute atomic E-state index is 6.79. The molecule has 0 saturated carbocycles. The van der Waals surface area contributed by atoms with Gasteiger partial charge in [0, 0.05) is 111 Å². The van der Waals surface area contributed by atoms with Crippen LogP contribution < -0.4 is 0 Å². The summed E-state index contributed by atoms with van der Waals surface area (Å²) in [5.74, 6) is 5.12. The molecule has 0 unspecified atom stereocenters. The first-order valence-corrected chi connectivity index (χ1v) is 48.4. The predicted octanol–water partition coefficient (Wildman–Crippen LogP) is 33.5. The van der Waals surface area contributed by atoms with E-state index in [1.807, 2.05) is 219 Å². The van der Waals surface area contributed by atoms with Gasteiger partial charge in [-0.25, -0.2) is 49.8 Å². The normalized spacial score (nSPS) is 11.7. The summed E-state index contributed by atoms with van der Waals surface area (Å²) in [7, 11) is 0. The number of benzene rings is 20. The molecule has 0 bridgehead atoms. The van der Waals surface area contributed by atoms with Crippen LogP contribution in [0.15, 0.2) is 479 Å². The lowest BCUT2D eigenvalue weighted by molar-refractivity contribution is 0.665. The summed E-state index contributed by atoms with van der Waals surface area (Å²) in [5, 5.41) is 21.3. The number of para-hydroxylation sites is 3. The van der Waals surface area contributed by atoms with Gasteiger partial charge in [0.05, 0.1) is 16.3 Å². The second-order valence-electron chi connectivity index (χ2n) is 36.3. The summed E-state index contributed by atoms with van der Waals surface area (Å²) >= 11 is 0. The third-order valence-electron chi connectivity index (χ3n) is 27.6. The van der Waals surface area contributed by atoms with Gasteiger partial charge in [0.2, 0.25) is 0 Å². The highest BCUT2D eigenvalue weighted by Crippen LogP contribution is 2.50. The van der Waals surface area contributed by atoms with Crippen LogP contribution in [0.3, 0.4) is 0 Å². The van der Waals surface area contributed by atoms with E-state index in [1.165, 1.54) is 10.8 Å². The first-order chi connectivity index (χ1) is 72.3. The molecule has 30 rings (SSSR count). The highest BCUT2D eigenvalue weighted by Gasteiger charge is 2.30. The largest absolute Gasteiger partial charge is 0.455 e. The number of pyridine rings is 3. The molecule has 0 aliphatic rings. The third-order valence-corrected chi connectivity index (χ3v) is 27.6. The number of rotatable bonds is 12. The minimum atomic E-state index is 0.488. The van der Waals surface area contributed by atoms with Gasteiger partial charge in [-0.15, -0.1) is 0 Å². The van der Waals surface area contributed by atoms with E-state index in [2.05, 4.69) is 243 Å². The molecular weight excluding hydrogens is 1790 g/mol. The van der Waals surface area contributed by atoms with Gasteiger partial charge in [0.25, 0.3) is 0 Å². The molecule has 16 nitrogen and oxygen atoms in total. The molecule has 0 spiro atoms. The van der Waals surface area contributed by atoms with E-state index in [1.54, 1.807) is 0 Å². The van der Waals surface area contributed by atoms with Crippen LogP contribution in [0.5, 0.6) is 0 Å². The van der Waals surface area contributed by atoms with Gasteiger partial charge in [-0.05, 0) is 137 Å². The molecular formula is C130H76N12O4. The fourth-order valence-corrected chi connectivity index (χ4v) is 20.7. The third kappa shape index (κ3) is 14.7. The minimum absolute atomic E-state index is 0.488. The van der Waals surface area contributed by atoms with Gasteiger partial charge in [-0.1, -0.05) is 382 Å². The number of nitrogens with zero attached hydrogens (tertiary/aromatic N) is 12. The smallest absolute Gasteiger partial charge is 0.183 e. The Morgan fingerprint density at radius 3 is 1.05 bits per heavy atom. The van der Waals surface area contributed by atoms with Crippen LogP contribution in [0.25, 0.3) is 300 Å². The lowest BCUT2D eigenvalue weighted by Crippen LogP contribution is -2.02. The number of hydrogen-bond acceptors (Lipinski definition) is 16. The maximum atomic E-state index is 6.79. The topological polar surface area (TPSA) is 207 Å². The van der Waals surface area contributed by atoms with Crippen molar-refractivity contribution >= 4 is 163 Å². The summed E-state index contributed by atoms with van der Waals surface area (Å²) < 4.78 is 26.7. The van der Waals surface area contributed by atoms with E-state index in [-0.39, 0.29) is 0 Å². The van der Waals surface area contributed by atoms with Gasteiger partial charge in [-0.2, -0.15) is 0 Å². The van der Waals surface area contributed by atoms with Crippen molar-refractivity contribution in [3.63, 3.8) is 0 Å². The van der Waals surface area contributed by atoms with Gasteiger partial charge in [-0.3, -0.25) is 9.97 Å². The predicted molar refractivity (Wildman–Crippen MR) is 590 cm³/mol. The summed E-state index contributed by atoms with van der Waals surface area (Å²) in [6.45, 7) is 0. The fourth-order valence-electron chi connectivity index (χ4n) is 20.7. The van der Waals surface area contributed by atoms with Crippen molar-refractivity contribution in [1.29, 1.82) is 0 Å². The Morgan fingerprint density at radius 2 is 0.500 bits per heavy atom. The summed E-state index contributed by atoms with van der Waals surface area (Å²) in [6, 6.07) is 153. The van der Waals surface area contributed by atoms with Gasteiger partial charge >= 0.3 is 0 Å². The zero-order valence-electron chi connectivity index (χ0n) is 77.9. The molecule has 0 amide bonds. The number of hydrogen-bond donors (Lipinski definition) is 0. The Hall–Kier alpha value is -20.1. The molecule has 0 saturated heterocycles. The molecule has 10 aromatic heterocycles. The van der Waals surface area contributed by atoms with E-state index in [0.29, 0.717) is 74.9 Å². The molecule has 0 aliphatic heterocycles. The molecule has 0 radical (unpaired) electrons. The van der Waals surface area contributed by atoms with E-state index < -0.39 is 0 Å². The summed E-state index contributed by atoms with van der Waals surface area (Å²) in [6.07, 6.45) is 3.77. The van der Waals surface area contributed by atoms with Crippen LogP contribution in [0.4, 0.5) is 0 Å². The van der Waals surface area contributed by atoms with Crippen molar-refractivity contribution in [2.45, 2.75) is 0 Å². The zero-order chi connectivity index (χ0) is 96.2. The second-order valence-corrected chi connectivity index (χ2v) is 36.3. The fraction of sp³-hybridized carbons (Fsp3) is 0. The van der Waals surface area contributed by atoms with Crippen LogP contribution in [-0.2, 0) is 0 Å². The Labute approximate surface area is 832 Å². The monoisotopic (exact) mass is 1870 g/mol. The molecule has 0 aliphatic carbocycles.